The van der Waals surface area contributed by atoms with Crippen molar-refractivity contribution in [3.05, 3.63) is 182 Å². The van der Waals surface area contributed by atoms with Crippen LogP contribution in [0.15, 0.2) is 182 Å². The van der Waals surface area contributed by atoms with E-state index in [1.807, 2.05) is 24.3 Å². The molecule has 2 aliphatic heterocycles. The summed E-state index contributed by atoms with van der Waals surface area (Å²) in [4.78, 5) is 18.3. The molecule has 11 aromatic rings. The van der Waals surface area contributed by atoms with Crippen molar-refractivity contribution in [1.29, 1.82) is 0 Å². The van der Waals surface area contributed by atoms with Gasteiger partial charge in [0.1, 0.15) is 11.5 Å². The van der Waals surface area contributed by atoms with Crippen LogP contribution in [0, 0.1) is 0 Å². The van der Waals surface area contributed by atoms with Gasteiger partial charge in [0.05, 0.1) is 22.4 Å². The second kappa shape index (κ2) is 12.5. The number of allylic oxidation sites excluding steroid dienone is 1. The Bertz CT molecular complexity index is 3610. The molecule has 0 atom stereocenters. The van der Waals surface area contributed by atoms with Gasteiger partial charge in [-0.25, -0.2) is 4.98 Å². The number of anilines is 2. The minimum Gasteiger partial charge on any atom is -0.453 e. The van der Waals surface area contributed by atoms with Crippen molar-refractivity contribution in [1.82, 2.24) is 19.5 Å². The van der Waals surface area contributed by atoms with Gasteiger partial charge in [-0.15, -0.1) is 22.7 Å². The van der Waals surface area contributed by atoms with Crippen molar-refractivity contribution < 1.29 is 9.47 Å². The fraction of sp³-hybridized carbons (Fsp3) is 0. The van der Waals surface area contributed by atoms with Gasteiger partial charge in [-0.1, -0.05) is 104 Å². The van der Waals surface area contributed by atoms with E-state index in [0.29, 0.717) is 34.9 Å². The average molecular weight is 808 g/mol. The molecule has 0 N–H and O–H groups in total. The highest BCUT2D eigenvalue weighted by molar-refractivity contribution is 7.26. The number of thiophene rings is 2. The van der Waals surface area contributed by atoms with E-state index in [9.17, 15) is 0 Å². The lowest BCUT2D eigenvalue weighted by Crippen LogP contribution is -2.30. The van der Waals surface area contributed by atoms with Crippen molar-refractivity contribution in [3.63, 3.8) is 0 Å². The Kier molecular flexibility index (Phi) is 6.93. The van der Waals surface area contributed by atoms with E-state index in [1.165, 1.54) is 30.9 Å². The highest BCUT2D eigenvalue weighted by Gasteiger charge is 2.36. The Hall–Kier alpha value is -7.59. The van der Waals surface area contributed by atoms with Crippen molar-refractivity contribution >= 4 is 96.2 Å². The molecular formula is C51H29N5O2S2. The van der Waals surface area contributed by atoms with Crippen LogP contribution in [0.1, 0.15) is 0 Å². The zero-order valence-corrected chi connectivity index (χ0v) is 33.4. The summed E-state index contributed by atoms with van der Waals surface area (Å²) in [7, 11) is 0. The molecule has 0 aliphatic carbocycles. The van der Waals surface area contributed by atoms with Gasteiger partial charge in [0.15, 0.2) is 28.9 Å². The maximum Gasteiger partial charge on any atom is 0.238 e. The van der Waals surface area contributed by atoms with Crippen LogP contribution in [-0.4, -0.2) is 19.5 Å². The van der Waals surface area contributed by atoms with Gasteiger partial charge in [0.2, 0.25) is 5.95 Å². The highest BCUT2D eigenvalue weighted by atomic mass is 32.1. The number of rotatable bonds is 4. The summed E-state index contributed by atoms with van der Waals surface area (Å²) in [5.41, 5.74) is 6.26. The monoisotopic (exact) mass is 807 g/mol. The van der Waals surface area contributed by atoms with E-state index in [2.05, 4.69) is 144 Å². The topological polar surface area (TPSA) is 65.3 Å². The summed E-state index contributed by atoms with van der Waals surface area (Å²) in [6.45, 7) is 8.39. The van der Waals surface area contributed by atoms with Gasteiger partial charge < -0.3 is 9.47 Å². The smallest absolute Gasteiger partial charge is 0.238 e. The molecule has 7 aromatic carbocycles. The van der Waals surface area contributed by atoms with Gasteiger partial charge in [-0.3, -0.25) is 9.47 Å². The van der Waals surface area contributed by atoms with Crippen molar-refractivity contribution in [2.45, 2.75) is 0 Å². The Morgan fingerprint density at radius 3 is 1.80 bits per heavy atom. The van der Waals surface area contributed by atoms with Crippen LogP contribution in [0.3, 0.4) is 0 Å². The first kappa shape index (κ1) is 33.4. The highest BCUT2D eigenvalue weighted by Crippen LogP contribution is 2.53. The molecule has 0 saturated carbocycles. The van der Waals surface area contributed by atoms with Gasteiger partial charge >= 0.3 is 0 Å². The standard InChI is InChI=1S/C51H29N5O2S2/c1-3-41-46-28(2)57-42-23-9-8-22-38(42)55(46)40-26-36-29-14-4-7-21-37(29)56(39(36)27-43(40)58-41)51-53-49(34-19-12-17-32-30-15-5-10-24-44(30)59-47(32)34)52-50(54-51)35-20-13-18-33-31-16-6-11-25-45(31)60-48(33)35/h3-27H,1-2H2. The average Bonchev–Trinajstić information content (AvgIpc) is 3.97. The fourth-order valence-electron chi connectivity index (χ4n) is 8.97. The van der Waals surface area contributed by atoms with Crippen LogP contribution in [0.5, 0.6) is 11.5 Å². The second-order valence-electron chi connectivity index (χ2n) is 14.9. The van der Waals surface area contributed by atoms with Crippen LogP contribution in [-0.2, 0) is 0 Å². The SMILES string of the molecule is C=CC1=C2C(=C)Oc3ccccc3N2c2cc3c4ccccc4n(-c4nc(-c5cccc6c5sc5ccccc56)nc(-c5cccc6c5sc5ccccc56)n4)c3cc2O1. The molecule has 282 valence electrons. The Labute approximate surface area is 350 Å². The first-order chi connectivity index (χ1) is 29.6. The molecule has 9 heteroatoms. The molecule has 7 nitrogen and oxygen atoms in total. The molecule has 0 saturated heterocycles. The van der Waals surface area contributed by atoms with Crippen LogP contribution >= 0.6 is 22.7 Å². The van der Waals surface area contributed by atoms with Gasteiger partial charge in [-0.05, 0) is 54.6 Å². The number of benzene rings is 7. The second-order valence-corrected chi connectivity index (χ2v) is 17.0. The summed E-state index contributed by atoms with van der Waals surface area (Å²) in [6.07, 6.45) is 1.71. The number of fused-ring (bicyclic) bond motifs is 14. The Morgan fingerprint density at radius 2 is 1.12 bits per heavy atom. The van der Waals surface area contributed by atoms with E-state index in [4.69, 9.17) is 24.4 Å². The fourth-order valence-corrected chi connectivity index (χ4v) is 11.4. The number of ether oxygens (including phenoxy) is 2. The van der Waals surface area contributed by atoms with E-state index in [1.54, 1.807) is 28.7 Å². The zero-order chi connectivity index (χ0) is 39.6. The summed E-state index contributed by atoms with van der Waals surface area (Å²) >= 11 is 3.53. The number of para-hydroxylation sites is 3. The number of nitrogens with zero attached hydrogens (tertiary/aromatic N) is 5. The van der Waals surface area contributed by atoms with Crippen LogP contribution in [0.2, 0.25) is 0 Å². The van der Waals surface area contributed by atoms with Crippen LogP contribution < -0.4 is 14.4 Å². The Balaban J connectivity index is 1.11. The third kappa shape index (κ3) is 4.67. The van der Waals surface area contributed by atoms with E-state index < -0.39 is 0 Å². The molecule has 60 heavy (non-hydrogen) atoms. The lowest BCUT2D eigenvalue weighted by atomic mass is 10.1. The number of aromatic nitrogens is 4. The number of hydrogen-bond acceptors (Lipinski definition) is 8. The third-order valence-electron chi connectivity index (χ3n) is 11.6. The minimum absolute atomic E-state index is 0.490. The lowest BCUT2D eigenvalue weighted by molar-refractivity contribution is 0.387. The predicted molar refractivity (Wildman–Crippen MR) is 247 cm³/mol. The third-order valence-corrected chi connectivity index (χ3v) is 14.0. The van der Waals surface area contributed by atoms with Crippen molar-refractivity contribution in [2.75, 3.05) is 4.90 Å². The maximum absolute atomic E-state index is 6.69. The molecule has 4 aromatic heterocycles. The summed E-state index contributed by atoms with van der Waals surface area (Å²) in [5.74, 6) is 4.15. The van der Waals surface area contributed by atoms with Gasteiger partial charge in [-0.2, -0.15) is 9.97 Å². The van der Waals surface area contributed by atoms with E-state index in [0.717, 1.165) is 65.2 Å². The Morgan fingerprint density at radius 1 is 0.517 bits per heavy atom. The predicted octanol–water partition coefficient (Wildman–Crippen LogP) is 13.9. The van der Waals surface area contributed by atoms with Gasteiger partial charge in [0, 0.05) is 68.3 Å². The zero-order valence-electron chi connectivity index (χ0n) is 31.7. The largest absolute Gasteiger partial charge is 0.453 e. The molecule has 0 radical (unpaired) electrons. The normalized spacial score (nSPS) is 13.6. The molecular weight excluding hydrogens is 779 g/mol. The summed E-state index contributed by atoms with van der Waals surface area (Å²) < 4.78 is 19.8. The molecule has 2 aliphatic rings. The molecule has 0 amide bonds. The molecule has 0 unspecified atom stereocenters. The summed E-state index contributed by atoms with van der Waals surface area (Å²) in [5, 5.41) is 6.88. The minimum atomic E-state index is 0.490. The van der Waals surface area contributed by atoms with Crippen LogP contribution in [0.4, 0.5) is 11.4 Å². The van der Waals surface area contributed by atoms with Gasteiger partial charge in [0.25, 0.3) is 0 Å². The summed E-state index contributed by atoms with van der Waals surface area (Å²) in [6, 6.07) is 50.6. The maximum atomic E-state index is 6.69. The van der Waals surface area contributed by atoms with Crippen molar-refractivity contribution in [2.24, 2.45) is 0 Å². The molecule has 6 heterocycles. The van der Waals surface area contributed by atoms with E-state index in [-0.39, 0.29) is 0 Å². The molecule has 0 fully saturated rings. The molecule has 13 rings (SSSR count). The number of hydrogen-bond donors (Lipinski definition) is 0. The van der Waals surface area contributed by atoms with Crippen molar-refractivity contribution in [3.8, 4) is 40.2 Å². The first-order valence-electron chi connectivity index (χ1n) is 19.6. The van der Waals surface area contributed by atoms with Crippen LogP contribution in [0.25, 0.3) is 90.9 Å². The first-order valence-corrected chi connectivity index (χ1v) is 21.2. The quantitative estimate of drug-likeness (QED) is 0.176. The lowest BCUT2D eigenvalue weighted by Gasteiger charge is -2.38. The molecule has 0 bridgehead atoms. The molecule has 0 spiro atoms. The van der Waals surface area contributed by atoms with E-state index >= 15 is 0 Å².